The molecule has 0 bridgehead atoms. The monoisotopic (exact) mass is 574 g/mol. The second kappa shape index (κ2) is 11.9. The van der Waals surface area contributed by atoms with Gasteiger partial charge in [-0.1, -0.05) is 48.5 Å². The summed E-state index contributed by atoms with van der Waals surface area (Å²) in [5.74, 6) is -0.532. The van der Waals surface area contributed by atoms with E-state index >= 15 is 0 Å². The Morgan fingerprint density at radius 1 is 1.00 bits per heavy atom. The van der Waals surface area contributed by atoms with E-state index in [1.54, 1.807) is 16.7 Å². The zero-order chi connectivity index (χ0) is 30.0. The number of hydrogen-bond acceptors (Lipinski definition) is 6. The van der Waals surface area contributed by atoms with Crippen LogP contribution in [-0.2, 0) is 16.0 Å². The zero-order valence-electron chi connectivity index (χ0n) is 24.6. The Balaban J connectivity index is 1.35. The van der Waals surface area contributed by atoms with Crippen molar-refractivity contribution in [3.8, 4) is 11.1 Å². The molecule has 2 heterocycles. The van der Waals surface area contributed by atoms with Gasteiger partial charge in [-0.3, -0.25) is 4.90 Å². The lowest BCUT2D eigenvalue weighted by molar-refractivity contribution is 0.0251. The SMILES string of the molecule is Cc1oc(CN(C(=O)OCC2c3ccccc3-c3ccccc32)C2CCCN(C(=O)OC(C)(C)C)CC2)cc1C(=O)O. The first-order chi connectivity index (χ1) is 20.0. The first-order valence-electron chi connectivity index (χ1n) is 14.4. The second-order valence-electron chi connectivity index (χ2n) is 12.0. The molecule has 2 aromatic carbocycles. The normalized spacial score (nSPS) is 16.8. The van der Waals surface area contributed by atoms with E-state index in [-0.39, 0.29) is 42.5 Å². The molecule has 1 aliphatic carbocycles. The zero-order valence-corrected chi connectivity index (χ0v) is 24.6. The quantitative estimate of drug-likeness (QED) is 0.344. The Hall–Kier alpha value is -4.27. The highest BCUT2D eigenvalue weighted by molar-refractivity contribution is 5.88. The molecule has 0 radical (unpaired) electrons. The number of rotatable bonds is 6. The largest absolute Gasteiger partial charge is 0.478 e. The number of furan rings is 1. The van der Waals surface area contributed by atoms with Gasteiger partial charge in [-0.15, -0.1) is 0 Å². The third-order valence-electron chi connectivity index (χ3n) is 7.89. The van der Waals surface area contributed by atoms with Crippen LogP contribution in [0.5, 0.6) is 0 Å². The second-order valence-corrected chi connectivity index (χ2v) is 12.0. The molecule has 42 heavy (non-hydrogen) atoms. The fourth-order valence-electron chi connectivity index (χ4n) is 5.92. The number of aromatic carboxylic acids is 1. The highest BCUT2D eigenvalue weighted by Gasteiger charge is 2.34. The van der Waals surface area contributed by atoms with Gasteiger partial charge in [0.1, 0.15) is 29.3 Å². The van der Waals surface area contributed by atoms with Crippen molar-refractivity contribution in [3.05, 3.63) is 82.8 Å². The van der Waals surface area contributed by atoms with Crippen LogP contribution in [0.25, 0.3) is 11.1 Å². The molecule has 2 amide bonds. The van der Waals surface area contributed by atoms with Crippen LogP contribution in [-0.4, -0.2) is 64.4 Å². The number of carbonyl (C=O) groups is 3. The number of carboxylic acid groups (broad SMARTS) is 1. The summed E-state index contributed by atoms with van der Waals surface area (Å²) in [7, 11) is 0. The molecule has 0 saturated carbocycles. The first kappa shape index (κ1) is 29.2. The van der Waals surface area contributed by atoms with E-state index in [0.717, 1.165) is 22.3 Å². The Bertz CT molecular complexity index is 1430. The van der Waals surface area contributed by atoms with Gasteiger partial charge >= 0.3 is 18.2 Å². The Morgan fingerprint density at radius 3 is 2.24 bits per heavy atom. The molecule has 9 heteroatoms. The number of likely N-dealkylation sites (tertiary alicyclic amines) is 1. The fourth-order valence-corrected chi connectivity index (χ4v) is 5.92. The van der Waals surface area contributed by atoms with Gasteiger partial charge in [-0.2, -0.15) is 0 Å². The smallest absolute Gasteiger partial charge is 0.410 e. The predicted molar refractivity (Wildman–Crippen MR) is 156 cm³/mol. The summed E-state index contributed by atoms with van der Waals surface area (Å²) < 4.78 is 17.3. The van der Waals surface area contributed by atoms with Crippen LogP contribution in [0, 0.1) is 6.92 Å². The number of amides is 2. The molecule has 222 valence electrons. The molecule has 3 aromatic rings. The molecule has 1 unspecified atom stereocenters. The van der Waals surface area contributed by atoms with E-state index < -0.39 is 17.7 Å². The van der Waals surface area contributed by atoms with Crippen LogP contribution in [0.4, 0.5) is 9.59 Å². The summed E-state index contributed by atoms with van der Waals surface area (Å²) in [6.45, 7) is 8.26. The van der Waals surface area contributed by atoms with Gasteiger partial charge in [0.2, 0.25) is 0 Å². The molecular formula is C33H38N2O7. The van der Waals surface area contributed by atoms with Gasteiger partial charge in [0.05, 0.1) is 6.54 Å². The van der Waals surface area contributed by atoms with Crippen molar-refractivity contribution in [1.82, 2.24) is 9.80 Å². The van der Waals surface area contributed by atoms with E-state index in [2.05, 4.69) is 24.3 Å². The van der Waals surface area contributed by atoms with E-state index in [1.807, 2.05) is 45.0 Å². The molecule has 0 spiro atoms. The minimum absolute atomic E-state index is 0.0574. The molecule has 1 saturated heterocycles. The number of fused-ring (bicyclic) bond motifs is 3. The number of carbonyl (C=O) groups excluding carboxylic acids is 2. The maximum absolute atomic E-state index is 13.8. The van der Waals surface area contributed by atoms with Gasteiger partial charge in [0.25, 0.3) is 0 Å². The minimum atomic E-state index is -1.09. The van der Waals surface area contributed by atoms with Crippen molar-refractivity contribution >= 4 is 18.2 Å². The van der Waals surface area contributed by atoms with Crippen LogP contribution >= 0.6 is 0 Å². The van der Waals surface area contributed by atoms with Crippen LogP contribution in [0.3, 0.4) is 0 Å². The Morgan fingerprint density at radius 2 is 1.64 bits per heavy atom. The molecule has 1 atom stereocenters. The number of nitrogens with zero attached hydrogens (tertiary/aromatic N) is 2. The Labute approximate surface area is 246 Å². The summed E-state index contributed by atoms with van der Waals surface area (Å²) in [6, 6.07) is 17.5. The lowest BCUT2D eigenvalue weighted by Gasteiger charge is -2.30. The molecule has 2 aliphatic rings. The van der Waals surface area contributed by atoms with Gasteiger partial charge in [-0.25, -0.2) is 14.4 Å². The van der Waals surface area contributed by atoms with Crippen molar-refractivity contribution in [2.24, 2.45) is 0 Å². The van der Waals surface area contributed by atoms with E-state index in [1.165, 1.54) is 6.07 Å². The third kappa shape index (κ3) is 6.30. The van der Waals surface area contributed by atoms with Crippen molar-refractivity contribution in [3.63, 3.8) is 0 Å². The molecule has 1 fully saturated rings. The lowest BCUT2D eigenvalue weighted by Crippen LogP contribution is -2.42. The molecule has 1 aromatic heterocycles. The molecular weight excluding hydrogens is 536 g/mol. The number of ether oxygens (including phenoxy) is 2. The molecule has 9 nitrogen and oxygen atoms in total. The average molecular weight is 575 g/mol. The van der Waals surface area contributed by atoms with Gasteiger partial charge in [0.15, 0.2) is 0 Å². The Kier molecular flexibility index (Phi) is 8.29. The van der Waals surface area contributed by atoms with E-state index in [9.17, 15) is 19.5 Å². The van der Waals surface area contributed by atoms with Crippen LogP contribution in [0.15, 0.2) is 59.0 Å². The third-order valence-corrected chi connectivity index (χ3v) is 7.89. The van der Waals surface area contributed by atoms with E-state index in [0.29, 0.717) is 38.1 Å². The molecule has 1 aliphatic heterocycles. The molecule has 1 N–H and O–H groups in total. The summed E-state index contributed by atoms with van der Waals surface area (Å²) in [6.07, 6.45) is 0.973. The van der Waals surface area contributed by atoms with Gasteiger partial charge in [-0.05, 0) is 75.3 Å². The maximum atomic E-state index is 13.8. The fraction of sp³-hybridized carbons (Fsp3) is 0.424. The van der Waals surface area contributed by atoms with Gasteiger partial charge < -0.3 is 23.9 Å². The minimum Gasteiger partial charge on any atom is -0.478 e. The van der Waals surface area contributed by atoms with Crippen LogP contribution in [0.2, 0.25) is 0 Å². The average Bonchev–Trinajstić information content (AvgIpc) is 3.35. The van der Waals surface area contributed by atoms with Crippen molar-refractivity contribution in [2.75, 3.05) is 19.7 Å². The van der Waals surface area contributed by atoms with Crippen molar-refractivity contribution in [1.29, 1.82) is 0 Å². The number of hydrogen-bond donors (Lipinski definition) is 1. The summed E-state index contributed by atoms with van der Waals surface area (Å²) in [5.41, 5.74) is 3.99. The lowest BCUT2D eigenvalue weighted by atomic mass is 9.98. The highest BCUT2D eigenvalue weighted by atomic mass is 16.6. The maximum Gasteiger partial charge on any atom is 0.410 e. The number of carboxylic acids is 1. The highest BCUT2D eigenvalue weighted by Crippen LogP contribution is 2.44. The van der Waals surface area contributed by atoms with Gasteiger partial charge in [0, 0.05) is 25.0 Å². The summed E-state index contributed by atoms with van der Waals surface area (Å²) in [5, 5.41) is 9.52. The van der Waals surface area contributed by atoms with E-state index in [4.69, 9.17) is 13.9 Å². The van der Waals surface area contributed by atoms with Crippen LogP contribution < -0.4 is 0 Å². The number of aryl methyl sites for hydroxylation is 1. The first-order valence-corrected chi connectivity index (χ1v) is 14.4. The number of benzene rings is 2. The summed E-state index contributed by atoms with van der Waals surface area (Å²) in [4.78, 5) is 41.5. The molecule has 5 rings (SSSR count). The predicted octanol–water partition coefficient (Wildman–Crippen LogP) is 6.83. The van der Waals surface area contributed by atoms with Crippen molar-refractivity contribution in [2.45, 2.75) is 71.1 Å². The van der Waals surface area contributed by atoms with Crippen molar-refractivity contribution < 1.29 is 33.4 Å². The standard InChI is InChI=1S/C33H38N2O7/c1-21-28(30(36)37)18-23(41-21)19-35(22-10-9-16-34(17-15-22)31(38)42-33(2,3)4)32(39)40-20-29-26-13-7-5-11-24(26)25-12-6-8-14-27(25)29/h5-8,11-14,18,22,29H,9-10,15-17,19-20H2,1-4H3,(H,36,37). The topological polar surface area (TPSA) is 110 Å². The summed E-state index contributed by atoms with van der Waals surface area (Å²) >= 11 is 0. The van der Waals surface area contributed by atoms with Crippen LogP contribution in [0.1, 0.15) is 79.0 Å².